The summed E-state index contributed by atoms with van der Waals surface area (Å²) >= 11 is 0. The molecule has 2 heteroatoms. The molecule has 0 spiro atoms. The molecule has 0 N–H and O–H groups in total. The van der Waals surface area contributed by atoms with Crippen molar-refractivity contribution in [3.05, 3.63) is 34.1 Å². The monoisotopic (exact) mass is 180 g/mol. The molecule has 2 rings (SSSR count). The van der Waals surface area contributed by atoms with Crippen molar-refractivity contribution >= 4 is 0 Å². The molecule has 0 aliphatic carbocycles. The minimum Gasteiger partial charge on any atom is -0.372 e. The van der Waals surface area contributed by atoms with Crippen LogP contribution in [0.4, 0.5) is 4.39 Å². The van der Waals surface area contributed by atoms with E-state index in [-0.39, 0.29) is 5.82 Å². The molecule has 1 aromatic carbocycles. The Morgan fingerprint density at radius 1 is 1.46 bits per heavy atom. The third-order valence-electron chi connectivity index (χ3n) is 2.68. The van der Waals surface area contributed by atoms with E-state index in [2.05, 4.69) is 0 Å². The quantitative estimate of drug-likeness (QED) is 0.645. The topological polar surface area (TPSA) is 9.23 Å². The van der Waals surface area contributed by atoms with E-state index in [1.807, 2.05) is 19.9 Å². The van der Waals surface area contributed by atoms with Gasteiger partial charge in [-0.2, -0.15) is 0 Å². The summed E-state index contributed by atoms with van der Waals surface area (Å²) in [6, 6.07) is 1.94. The molecule has 1 aliphatic rings. The summed E-state index contributed by atoms with van der Waals surface area (Å²) in [7, 11) is 0. The van der Waals surface area contributed by atoms with Gasteiger partial charge < -0.3 is 4.74 Å². The second-order valence-corrected chi connectivity index (χ2v) is 3.46. The summed E-state index contributed by atoms with van der Waals surface area (Å²) in [5.74, 6) is -0.0493. The van der Waals surface area contributed by atoms with Gasteiger partial charge in [-0.15, -0.1) is 0 Å². The van der Waals surface area contributed by atoms with Gasteiger partial charge in [0.05, 0.1) is 13.2 Å². The number of benzene rings is 1. The predicted octanol–water partition coefficient (Wildman–Crippen LogP) is 2.73. The molecule has 1 aromatic rings. The maximum Gasteiger partial charge on any atom is 0.129 e. The molecular formula is C11H13FO. The summed E-state index contributed by atoms with van der Waals surface area (Å²) in [6.45, 7) is 5.02. The minimum absolute atomic E-state index is 0.0493. The molecule has 0 fully saturated rings. The van der Waals surface area contributed by atoms with Crippen LogP contribution >= 0.6 is 0 Å². The van der Waals surface area contributed by atoms with Crippen molar-refractivity contribution < 1.29 is 9.13 Å². The summed E-state index contributed by atoms with van der Waals surface area (Å²) in [4.78, 5) is 0. The van der Waals surface area contributed by atoms with Crippen LogP contribution in [0.1, 0.15) is 29.2 Å². The smallest absolute Gasteiger partial charge is 0.129 e. The Bertz CT molecular complexity index is 344. The Morgan fingerprint density at radius 3 is 2.92 bits per heavy atom. The number of hydrogen-bond donors (Lipinski definition) is 0. The lowest BCUT2D eigenvalue weighted by Crippen LogP contribution is -1.98. The first-order chi connectivity index (χ1) is 6.24. The van der Waals surface area contributed by atoms with Crippen LogP contribution in [-0.4, -0.2) is 0 Å². The lowest BCUT2D eigenvalue weighted by molar-refractivity contribution is 0.134. The van der Waals surface area contributed by atoms with E-state index in [0.29, 0.717) is 13.2 Å². The van der Waals surface area contributed by atoms with Crippen molar-refractivity contribution in [2.24, 2.45) is 0 Å². The van der Waals surface area contributed by atoms with Crippen LogP contribution in [0.2, 0.25) is 0 Å². The molecule has 0 unspecified atom stereocenters. The molecule has 1 aliphatic heterocycles. The highest BCUT2D eigenvalue weighted by molar-refractivity contribution is 5.40. The van der Waals surface area contributed by atoms with Crippen LogP contribution in [0, 0.1) is 12.7 Å². The zero-order valence-corrected chi connectivity index (χ0v) is 7.98. The van der Waals surface area contributed by atoms with E-state index < -0.39 is 0 Å². The van der Waals surface area contributed by atoms with Crippen LogP contribution < -0.4 is 0 Å². The van der Waals surface area contributed by atoms with E-state index >= 15 is 0 Å². The number of rotatable bonds is 1. The van der Waals surface area contributed by atoms with Gasteiger partial charge >= 0.3 is 0 Å². The highest BCUT2D eigenvalue weighted by Crippen LogP contribution is 2.27. The zero-order valence-electron chi connectivity index (χ0n) is 7.98. The highest BCUT2D eigenvalue weighted by atomic mass is 19.1. The van der Waals surface area contributed by atoms with E-state index in [1.165, 1.54) is 0 Å². The van der Waals surface area contributed by atoms with Gasteiger partial charge in [0.2, 0.25) is 0 Å². The first-order valence-electron chi connectivity index (χ1n) is 4.61. The van der Waals surface area contributed by atoms with Gasteiger partial charge in [-0.25, -0.2) is 4.39 Å². The average Bonchev–Trinajstić information content (AvgIpc) is 2.59. The summed E-state index contributed by atoms with van der Waals surface area (Å²) in [5.41, 5.74) is 3.79. The Labute approximate surface area is 77.5 Å². The van der Waals surface area contributed by atoms with Gasteiger partial charge in [-0.05, 0) is 35.6 Å². The lowest BCUT2D eigenvalue weighted by Gasteiger charge is -2.08. The number of halogens is 1. The van der Waals surface area contributed by atoms with Crippen molar-refractivity contribution in [3.8, 4) is 0 Å². The van der Waals surface area contributed by atoms with Gasteiger partial charge in [0.1, 0.15) is 5.82 Å². The van der Waals surface area contributed by atoms with E-state index in [9.17, 15) is 4.39 Å². The second-order valence-electron chi connectivity index (χ2n) is 3.46. The number of fused-ring (bicyclic) bond motifs is 1. The van der Waals surface area contributed by atoms with Gasteiger partial charge in [-0.3, -0.25) is 0 Å². The molecule has 13 heavy (non-hydrogen) atoms. The fraction of sp³-hybridized carbons (Fsp3) is 0.455. The average molecular weight is 180 g/mol. The fourth-order valence-corrected chi connectivity index (χ4v) is 1.82. The van der Waals surface area contributed by atoms with Crippen LogP contribution in [0.25, 0.3) is 0 Å². The summed E-state index contributed by atoms with van der Waals surface area (Å²) in [5, 5.41) is 0. The molecule has 1 nitrogen and oxygen atoms in total. The third kappa shape index (κ3) is 1.25. The molecule has 0 atom stereocenters. The first-order valence-corrected chi connectivity index (χ1v) is 4.61. The van der Waals surface area contributed by atoms with E-state index in [0.717, 1.165) is 28.7 Å². The molecule has 0 bridgehead atoms. The number of hydrogen-bond acceptors (Lipinski definition) is 1. The largest absolute Gasteiger partial charge is 0.372 e. The molecule has 0 radical (unpaired) electrons. The Kier molecular flexibility index (Phi) is 2.08. The Morgan fingerprint density at radius 2 is 2.23 bits per heavy atom. The Balaban J connectivity index is 2.61. The maximum absolute atomic E-state index is 13.6. The summed E-state index contributed by atoms with van der Waals surface area (Å²) in [6.07, 6.45) is 0.750. The molecule has 1 heterocycles. The third-order valence-corrected chi connectivity index (χ3v) is 2.68. The van der Waals surface area contributed by atoms with Gasteiger partial charge in [0.25, 0.3) is 0 Å². The maximum atomic E-state index is 13.6. The SMILES string of the molecule is CCc1cc2c(c(C)c1F)COC2. The molecule has 0 amide bonds. The van der Waals surface area contributed by atoms with Gasteiger partial charge in [-0.1, -0.05) is 13.0 Å². The Hall–Kier alpha value is -0.890. The zero-order chi connectivity index (χ0) is 9.42. The standard InChI is InChI=1S/C11H13FO/c1-3-8-4-9-5-13-6-10(9)7(2)11(8)12/h4H,3,5-6H2,1-2H3. The van der Waals surface area contributed by atoms with Crippen LogP contribution in [0.5, 0.6) is 0 Å². The van der Waals surface area contributed by atoms with Gasteiger partial charge in [0.15, 0.2) is 0 Å². The second kappa shape index (κ2) is 3.11. The molecule has 0 saturated carbocycles. The van der Waals surface area contributed by atoms with Crippen LogP contribution in [0.3, 0.4) is 0 Å². The molecule has 0 aromatic heterocycles. The van der Waals surface area contributed by atoms with Gasteiger partial charge in [0, 0.05) is 0 Å². The number of ether oxygens (including phenoxy) is 1. The highest BCUT2D eigenvalue weighted by Gasteiger charge is 2.18. The summed E-state index contributed by atoms with van der Waals surface area (Å²) < 4.78 is 18.9. The predicted molar refractivity (Wildman–Crippen MR) is 49.0 cm³/mol. The minimum atomic E-state index is -0.0493. The van der Waals surface area contributed by atoms with Crippen molar-refractivity contribution in [2.75, 3.05) is 0 Å². The van der Waals surface area contributed by atoms with Crippen molar-refractivity contribution in [3.63, 3.8) is 0 Å². The number of aryl methyl sites for hydroxylation is 1. The van der Waals surface area contributed by atoms with Crippen molar-refractivity contribution in [1.29, 1.82) is 0 Å². The first kappa shape index (κ1) is 8.70. The molecule has 0 saturated heterocycles. The van der Waals surface area contributed by atoms with Crippen LogP contribution in [-0.2, 0) is 24.4 Å². The molecule has 70 valence electrons. The van der Waals surface area contributed by atoms with Crippen molar-refractivity contribution in [2.45, 2.75) is 33.5 Å². The lowest BCUT2D eigenvalue weighted by atomic mass is 9.98. The molecular weight excluding hydrogens is 167 g/mol. The van der Waals surface area contributed by atoms with E-state index in [4.69, 9.17) is 4.74 Å². The van der Waals surface area contributed by atoms with E-state index in [1.54, 1.807) is 0 Å². The normalized spacial score (nSPS) is 14.7. The fourth-order valence-electron chi connectivity index (χ4n) is 1.82. The van der Waals surface area contributed by atoms with Crippen molar-refractivity contribution in [1.82, 2.24) is 0 Å². The van der Waals surface area contributed by atoms with Crippen LogP contribution in [0.15, 0.2) is 6.07 Å².